The fourth-order valence-corrected chi connectivity index (χ4v) is 2.49. The van der Waals surface area contributed by atoms with Crippen molar-refractivity contribution in [2.75, 3.05) is 17.4 Å². The molecule has 0 spiro atoms. The van der Waals surface area contributed by atoms with Crippen LogP contribution in [-0.2, 0) is 6.54 Å². The van der Waals surface area contributed by atoms with Crippen LogP contribution in [0.4, 0.5) is 11.6 Å². The standard InChI is InChI=1S/C14H18BrN5/c1-9-13(19-16)17-10(2)18-14(9)20(3)8-11-6-4-5-7-12(11)15/h4-7H,8,16H2,1-3H3,(H,17,18,19). The molecular formula is C14H18BrN5. The molecule has 0 aliphatic carbocycles. The largest absolute Gasteiger partial charge is 0.355 e. The maximum Gasteiger partial charge on any atom is 0.148 e. The average Bonchev–Trinajstić information content (AvgIpc) is 2.43. The van der Waals surface area contributed by atoms with Gasteiger partial charge in [-0.2, -0.15) is 0 Å². The molecule has 0 aliphatic rings. The van der Waals surface area contributed by atoms with E-state index >= 15 is 0 Å². The van der Waals surface area contributed by atoms with Crippen LogP contribution in [-0.4, -0.2) is 17.0 Å². The normalized spacial score (nSPS) is 10.4. The molecular weight excluding hydrogens is 318 g/mol. The maximum absolute atomic E-state index is 5.50. The Morgan fingerprint density at radius 2 is 1.95 bits per heavy atom. The number of hydrogen-bond donors (Lipinski definition) is 2. The van der Waals surface area contributed by atoms with E-state index in [-0.39, 0.29) is 0 Å². The van der Waals surface area contributed by atoms with Gasteiger partial charge in [0.25, 0.3) is 0 Å². The fraction of sp³-hybridized carbons (Fsp3) is 0.286. The van der Waals surface area contributed by atoms with Gasteiger partial charge in [0.05, 0.1) is 0 Å². The van der Waals surface area contributed by atoms with Gasteiger partial charge in [-0.3, -0.25) is 0 Å². The van der Waals surface area contributed by atoms with Gasteiger partial charge in [0.2, 0.25) is 0 Å². The molecule has 106 valence electrons. The molecule has 2 aromatic rings. The number of rotatable bonds is 4. The fourth-order valence-electron chi connectivity index (χ4n) is 2.08. The number of hydrazine groups is 1. The van der Waals surface area contributed by atoms with E-state index in [0.29, 0.717) is 11.6 Å². The van der Waals surface area contributed by atoms with Crippen LogP contribution in [0.15, 0.2) is 28.7 Å². The number of nitrogens with one attached hydrogen (secondary N) is 1. The van der Waals surface area contributed by atoms with E-state index in [1.165, 1.54) is 5.56 Å². The van der Waals surface area contributed by atoms with Crippen molar-refractivity contribution in [3.8, 4) is 0 Å². The Balaban J connectivity index is 2.32. The second-order valence-corrected chi connectivity index (χ2v) is 5.51. The van der Waals surface area contributed by atoms with E-state index in [0.717, 1.165) is 22.4 Å². The molecule has 20 heavy (non-hydrogen) atoms. The Morgan fingerprint density at radius 1 is 1.25 bits per heavy atom. The van der Waals surface area contributed by atoms with E-state index in [1.807, 2.05) is 39.1 Å². The predicted octanol–water partition coefficient (Wildman–Crippen LogP) is 2.78. The van der Waals surface area contributed by atoms with Gasteiger partial charge in [0.1, 0.15) is 17.5 Å². The third-order valence-electron chi connectivity index (χ3n) is 3.10. The number of aromatic nitrogens is 2. The van der Waals surface area contributed by atoms with Crippen molar-refractivity contribution in [1.82, 2.24) is 9.97 Å². The summed E-state index contributed by atoms with van der Waals surface area (Å²) in [6.07, 6.45) is 0. The predicted molar refractivity (Wildman–Crippen MR) is 85.6 cm³/mol. The molecule has 0 saturated carbocycles. The van der Waals surface area contributed by atoms with Crippen molar-refractivity contribution in [3.63, 3.8) is 0 Å². The van der Waals surface area contributed by atoms with Gasteiger partial charge in [-0.1, -0.05) is 34.1 Å². The molecule has 1 aromatic carbocycles. The highest BCUT2D eigenvalue weighted by Crippen LogP contribution is 2.25. The number of hydrogen-bond acceptors (Lipinski definition) is 5. The van der Waals surface area contributed by atoms with Crippen LogP contribution in [0.2, 0.25) is 0 Å². The van der Waals surface area contributed by atoms with Gasteiger partial charge in [0, 0.05) is 23.6 Å². The minimum atomic E-state index is 0.659. The number of aryl methyl sites for hydroxylation is 1. The highest BCUT2D eigenvalue weighted by atomic mass is 79.9. The summed E-state index contributed by atoms with van der Waals surface area (Å²) in [5.41, 5.74) is 4.76. The number of nitrogens with two attached hydrogens (primary N) is 1. The number of nitrogens with zero attached hydrogens (tertiary/aromatic N) is 3. The minimum Gasteiger partial charge on any atom is -0.355 e. The van der Waals surface area contributed by atoms with Gasteiger partial charge >= 0.3 is 0 Å². The van der Waals surface area contributed by atoms with Crippen LogP contribution in [0.25, 0.3) is 0 Å². The number of nitrogen functional groups attached to an aromatic ring is 1. The summed E-state index contributed by atoms with van der Waals surface area (Å²) < 4.78 is 1.09. The van der Waals surface area contributed by atoms with E-state index in [9.17, 15) is 0 Å². The van der Waals surface area contributed by atoms with Gasteiger partial charge in [-0.05, 0) is 25.5 Å². The summed E-state index contributed by atoms with van der Waals surface area (Å²) in [6.45, 7) is 4.57. The molecule has 0 unspecified atom stereocenters. The Hall–Kier alpha value is -1.66. The van der Waals surface area contributed by atoms with E-state index in [4.69, 9.17) is 5.84 Å². The Kier molecular flexibility index (Phi) is 4.57. The first-order valence-electron chi connectivity index (χ1n) is 6.29. The number of halogens is 1. The zero-order chi connectivity index (χ0) is 14.7. The number of benzene rings is 1. The van der Waals surface area contributed by atoms with Crippen LogP contribution in [0.5, 0.6) is 0 Å². The topological polar surface area (TPSA) is 67.1 Å². The Labute approximate surface area is 127 Å². The molecule has 2 rings (SSSR count). The summed E-state index contributed by atoms with van der Waals surface area (Å²) in [6, 6.07) is 8.16. The van der Waals surface area contributed by atoms with Gasteiger partial charge in [-0.25, -0.2) is 15.8 Å². The molecule has 0 saturated heterocycles. The monoisotopic (exact) mass is 335 g/mol. The molecule has 0 amide bonds. The van der Waals surface area contributed by atoms with Crippen molar-refractivity contribution >= 4 is 27.6 Å². The van der Waals surface area contributed by atoms with Crippen molar-refractivity contribution < 1.29 is 0 Å². The number of anilines is 2. The van der Waals surface area contributed by atoms with Crippen LogP contribution in [0.3, 0.4) is 0 Å². The van der Waals surface area contributed by atoms with Crippen molar-refractivity contribution in [1.29, 1.82) is 0 Å². The smallest absolute Gasteiger partial charge is 0.148 e. The molecule has 1 heterocycles. The zero-order valence-corrected chi connectivity index (χ0v) is 13.4. The Bertz CT molecular complexity index is 615. The zero-order valence-electron chi connectivity index (χ0n) is 11.8. The molecule has 3 N–H and O–H groups in total. The SMILES string of the molecule is Cc1nc(NN)c(C)c(N(C)Cc2ccccc2Br)n1. The van der Waals surface area contributed by atoms with Crippen molar-refractivity contribution in [2.24, 2.45) is 5.84 Å². The average molecular weight is 336 g/mol. The second-order valence-electron chi connectivity index (χ2n) is 4.66. The minimum absolute atomic E-state index is 0.659. The lowest BCUT2D eigenvalue weighted by molar-refractivity contribution is 0.867. The van der Waals surface area contributed by atoms with Gasteiger partial charge in [-0.15, -0.1) is 0 Å². The second kappa shape index (κ2) is 6.19. The van der Waals surface area contributed by atoms with Gasteiger partial charge < -0.3 is 10.3 Å². The lowest BCUT2D eigenvalue weighted by Crippen LogP contribution is -2.21. The summed E-state index contributed by atoms with van der Waals surface area (Å²) in [4.78, 5) is 10.9. The van der Waals surface area contributed by atoms with E-state index < -0.39 is 0 Å². The molecule has 0 aliphatic heterocycles. The van der Waals surface area contributed by atoms with Crippen molar-refractivity contribution in [2.45, 2.75) is 20.4 Å². The van der Waals surface area contributed by atoms with Crippen LogP contribution >= 0.6 is 15.9 Å². The first-order valence-corrected chi connectivity index (χ1v) is 7.08. The van der Waals surface area contributed by atoms with Crippen molar-refractivity contribution in [3.05, 3.63) is 45.7 Å². The molecule has 5 nitrogen and oxygen atoms in total. The van der Waals surface area contributed by atoms with E-state index in [2.05, 4.69) is 42.3 Å². The van der Waals surface area contributed by atoms with Gasteiger partial charge in [0.15, 0.2) is 0 Å². The lowest BCUT2D eigenvalue weighted by Gasteiger charge is -2.22. The maximum atomic E-state index is 5.50. The highest BCUT2D eigenvalue weighted by Gasteiger charge is 2.13. The molecule has 1 aromatic heterocycles. The first kappa shape index (κ1) is 14.7. The molecule has 6 heteroatoms. The van der Waals surface area contributed by atoms with Crippen LogP contribution < -0.4 is 16.2 Å². The molecule has 0 radical (unpaired) electrons. The quantitative estimate of drug-likeness (QED) is 0.664. The third-order valence-corrected chi connectivity index (χ3v) is 3.87. The van der Waals surface area contributed by atoms with Crippen LogP contribution in [0, 0.1) is 13.8 Å². The lowest BCUT2D eigenvalue weighted by atomic mass is 10.2. The Morgan fingerprint density at radius 3 is 2.60 bits per heavy atom. The molecule has 0 fully saturated rings. The summed E-state index contributed by atoms with van der Waals surface area (Å²) in [5.74, 6) is 7.73. The third kappa shape index (κ3) is 3.08. The molecule has 0 atom stereocenters. The summed E-state index contributed by atoms with van der Waals surface area (Å²) >= 11 is 3.57. The van der Waals surface area contributed by atoms with E-state index in [1.54, 1.807) is 0 Å². The molecule has 0 bridgehead atoms. The summed E-state index contributed by atoms with van der Waals surface area (Å²) in [7, 11) is 2.01. The first-order chi connectivity index (χ1) is 9.52. The van der Waals surface area contributed by atoms with Crippen LogP contribution in [0.1, 0.15) is 17.0 Å². The highest BCUT2D eigenvalue weighted by molar-refractivity contribution is 9.10. The summed E-state index contributed by atoms with van der Waals surface area (Å²) in [5, 5.41) is 0.